The molecule has 0 unspecified atom stereocenters. The molecular weight excluding hydrogens is 286 g/mol. The highest BCUT2D eigenvalue weighted by atomic mass is 16.2. The van der Waals surface area contributed by atoms with E-state index in [1.807, 2.05) is 35.9 Å². The number of hydrogen-bond acceptors (Lipinski definition) is 2. The summed E-state index contributed by atoms with van der Waals surface area (Å²) in [6.45, 7) is 3.36. The molecule has 0 bridgehead atoms. The predicted octanol–water partition coefficient (Wildman–Crippen LogP) is 3.39. The molecule has 1 heterocycles. The third-order valence-electron chi connectivity index (χ3n) is 4.06. The van der Waals surface area contributed by atoms with E-state index >= 15 is 0 Å². The van der Waals surface area contributed by atoms with Crippen molar-refractivity contribution in [2.45, 2.75) is 26.4 Å². The lowest BCUT2D eigenvalue weighted by Gasteiger charge is -2.17. The largest absolute Gasteiger partial charge is 0.341 e. The number of carbonyl (C=O) groups excluding carboxylic acids is 1. The molecule has 118 valence electrons. The van der Waals surface area contributed by atoms with Gasteiger partial charge in [-0.25, -0.2) is 4.98 Å². The number of fused-ring (bicyclic) bond motifs is 1. The number of rotatable bonds is 5. The van der Waals surface area contributed by atoms with Crippen molar-refractivity contribution in [2.24, 2.45) is 0 Å². The Labute approximate surface area is 136 Å². The summed E-state index contributed by atoms with van der Waals surface area (Å²) in [6.07, 6.45) is 2.28. The van der Waals surface area contributed by atoms with Gasteiger partial charge in [0, 0.05) is 26.6 Å². The Kier molecular flexibility index (Phi) is 4.42. The smallest absolute Gasteiger partial charge is 0.224 e. The van der Waals surface area contributed by atoms with Gasteiger partial charge < -0.3 is 9.47 Å². The summed E-state index contributed by atoms with van der Waals surface area (Å²) in [5.41, 5.74) is 4.42. The summed E-state index contributed by atoms with van der Waals surface area (Å²) in [7, 11) is 1.86. The lowest BCUT2D eigenvalue weighted by Crippen LogP contribution is -2.27. The quantitative estimate of drug-likeness (QED) is 0.724. The Bertz CT molecular complexity index is 805. The van der Waals surface area contributed by atoms with E-state index in [0.717, 1.165) is 16.6 Å². The number of aromatic nitrogens is 2. The van der Waals surface area contributed by atoms with Gasteiger partial charge in [-0.1, -0.05) is 42.0 Å². The number of hydrogen-bond donors (Lipinski definition) is 0. The number of nitrogens with zero attached hydrogens (tertiary/aromatic N) is 3. The molecule has 3 aromatic rings. The van der Waals surface area contributed by atoms with E-state index in [1.54, 1.807) is 11.2 Å². The Morgan fingerprint density at radius 2 is 1.87 bits per heavy atom. The number of carbonyl (C=O) groups is 1. The van der Waals surface area contributed by atoms with Crippen molar-refractivity contribution in [1.82, 2.24) is 14.5 Å². The zero-order valence-corrected chi connectivity index (χ0v) is 13.6. The lowest BCUT2D eigenvalue weighted by molar-refractivity contribution is -0.130. The fourth-order valence-electron chi connectivity index (χ4n) is 2.65. The van der Waals surface area contributed by atoms with Crippen molar-refractivity contribution in [3.63, 3.8) is 0 Å². The second-order valence-electron chi connectivity index (χ2n) is 5.91. The minimum absolute atomic E-state index is 0.142. The third kappa shape index (κ3) is 3.59. The molecule has 1 amide bonds. The Balaban J connectivity index is 1.59. The molecule has 3 rings (SSSR count). The molecule has 0 radical (unpaired) electrons. The average molecular weight is 307 g/mol. The maximum absolute atomic E-state index is 12.3. The molecule has 0 aliphatic heterocycles. The Morgan fingerprint density at radius 1 is 1.13 bits per heavy atom. The molecule has 23 heavy (non-hydrogen) atoms. The highest BCUT2D eigenvalue weighted by Crippen LogP contribution is 2.13. The standard InChI is InChI=1S/C19H21N3O/c1-15-7-9-16(10-8-15)13-21(2)19(23)11-12-22-14-20-17-5-3-4-6-18(17)22/h3-10,14H,11-13H2,1-2H3. The molecule has 0 aliphatic carbocycles. The van der Waals surface area contributed by atoms with Crippen LogP contribution in [0.2, 0.25) is 0 Å². The van der Waals surface area contributed by atoms with Crippen LogP contribution >= 0.6 is 0 Å². The van der Waals surface area contributed by atoms with E-state index < -0.39 is 0 Å². The van der Waals surface area contributed by atoms with Crippen LogP contribution in [0, 0.1) is 6.92 Å². The summed E-state index contributed by atoms with van der Waals surface area (Å²) < 4.78 is 2.03. The van der Waals surface area contributed by atoms with E-state index in [1.165, 1.54) is 5.56 Å². The number of imidazole rings is 1. The maximum atomic E-state index is 12.3. The van der Waals surface area contributed by atoms with Crippen molar-refractivity contribution in [1.29, 1.82) is 0 Å². The number of amides is 1. The number of benzene rings is 2. The van der Waals surface area contributed by atoms with Gasteiger partial charge in [0.05, 0.1) is 17.4 Å². The second kappa shape index (κ2) is 6.65. The van der Waals surface area contributed by atoms with E-state index in [2.05, 4.69) is 36.2 Å². The van der Waals surface area contributed by atoms with Crippen LogP contribution in [-0.4, -0.2) is 27.4 Å². The highest BCUT2D eigenvalue weighted by molar-refractivity contribution is 5.77. The van der Waals surface area contributed by atoms with Crippen molar-refractivity contribution in [2.75, 3.05) is 7.05 Å². The normalized spacial score (nSPS) is 10.9. The molecule has 4 nitrogen and oxygen atoms in total. The first-order chi connectivity index (χ1) is 11.1. The van der Waals surface area contributed by atoms with Gasteiger partial charge in [-0.05, 0) is 24.6 Å². The first-order valence-electron chi connectivity index (χ1n) is 7.83. The van der Waals surface area contributed by atoms with Crippen LogP contribution in [0.1, 0.15) is 17.5 Å². The summed E-state index contributed by atoms with van der Waals surface area (Å²) in [5.74, 6) is 0.142. The Morgan fingerprint density at radius 3 is 2.65 bits per heavy atom. The van der Waals surface area contributed by atoms with Crippen LogP contribution < -0.4 is 0 Å². The zero-order chi connectivity index (χ0) is 16.2. The summed E-state index contributed by atoms with van der Waals surface area (Å²) in [5, 5.41) is 0. The van der Waals surface area contributed by atoms with E-state index in [9.17, 15) is 4.79 Å². The molecule has 1 aromatic heterocycles. The summed E-state index contributed by atoms with van der Waals surface area (Å²) >= 11 is 0. The van der Waals surface area contributed by atoms with E-state index in [0.29, 0.717) is 19.5 Å². The first kappa shape index (κ1) is 15.3. The molecule has 0 spiro atoms. The fourth-order valence-corrected chi connectivity index (χ4v) is 2.65. The number of para-hydroxylation sites is 2. The monoisotopic (exact) mass is 307 g/mol. The van der Waals surface area contributed by atoms with Crippen LogP contribution in [0.25, 0.3) is 11.0 Å². The van der Waals surface area contributed by atoms with Gasteiger partial charge in [0.1, 0.15) is 0 Å². The Hall–Kier alpha value is -2.62. The molecule has 0 atom stereocenters. The van der Waals surface area contributed by atoms with Gasteiger partial charge >= 0.3 is 0 Å². The van der Waals surface area contributed by atoms with Crippen LogP contribution in [0.5, 0.6) is 0 Å². The van der Waals surface area contributed by atoms with Gasteiger partial charge in [0.15, 0.2) is 0 Å². The highest BCUT2D eigenvalue weighted by Gasteiger charge is 2.10. The second-order valence-corrected chi connectivity index (χ2v) is 5.91. The van der Waals surface area contributed by atoms with E-state index in [4.69, 9.17) is 0 Å². The van der Waals surface area contributed by atoms with Crippen LogP contribution in [0.3, 0.4) is 0 Å². The lowest BCUT2D eigenvalue weighted by atomic mass is 10.1. The fraction of sp³-hybridized carbons (Fsp3) is 0.263. The number of aryl methyl sites for hydroxylation is 2. The van der Waals surface area contributed by atoms with Crippen molar-refractivity contribution in [3.05, 3.63) is 66.0 Å². The van der Waals surface area contributed by atoms with Crippen LogP contribution in [0.4, 0.5) is 0 Å². The van der Waals surface area contributed by atoms with Gasteiger partial charge in [-0.15, -0.1) is 0 Å². The average Bonchev–Trinajstić information content (AvgIpc) is 2.98. The van der Waals surface area contributed by atoms with Gasteiger partial charge in [0.25, 0.3) is 0 Å². The van der Waals surface area contributed by atoms with Crippen molar-refractivity contribution < 1.29 is 4.79 Å². The van der Waals surface area contributed by atoms with E-state index in [-0.39, 0.29) is 5.91 Å². The predicted molar refractivity (Wildman–Crippen MR) is 92.0 cm³/mol. The van der Waals surface area contributed by atoms with Gasteiger partial charge in [-0.3, -0.25) is 4.79 Å². The molecule has 0 aliphatic rings. The molecule has 0 saturated heterocycles. The first-order valence-corrected chi connectivity index (χ1v) is 7.83. The minimum atomic E-state index is 0.142. The molecule has 2 aromatic carbocycles. The summed E-state index contributed by atoms with van der Waals surface area (Å²) in [4.78, 5) is 18.5. The molecule has 0 N–H and O–H groups in total. The van der Waals surface area contributed by atoms with Crippen molar-refractivity contribution >= 4 is 16.9 Å². The third-order valence-corrected chi connectivity index (χ3v) is 4.06. The molecule has 0 saturated carbocycles. The van der Waals surface area contributed by atoms with Crippen LogP contribution in [0.15, 0.2) is 54.9 Å². The SMILES string of the molecule is Cc1ccc(CN(C)C(=O)CCn2cnc3ccccc32)cc1. The molecule has 0 fully saturated rings. The summed E-state index contributed by atoms with van der Waals surface area (Å²) in [6, 6.07) is 16.3. The van der Waals surface area contributed by atoms with Gasteiger partial charge in [-0.2, -0.15) is 0 Å². The molecular formula is C19H21N3O. The maximum Gasteiger partial charge on any atom is 0.224 e. The van der Waals surface area contributed by atoms with Gasteiger partial charge in [0.2, 0.25) is 5.91 Å². The topological polar surface area (TPSA) is 38.1 Å². The molecule has 4 heteroatoms. The van der Waals surface area contributed by atoms with Crippen molar-refractivity contribution in [3.8, 4) is 0 Å². The van der Waals surface area contributed by atoms with Crippen LogP contribution in [-0.2, 0) is 17.9 Å². The minimum Gasteiger partial charge on any atom is -0.341 e. The zero-order valence-electron chi connectivity index (χ0n) is 13.6.